The fraction of sp³-hybridized carbons (Fsp3) is 0.400. The maximum Gasteiger partial charge on any atom is 0.259 e. The number of carbonyl (C=O) groups is 1. The quantitative estimate of drug-likeness (QED) is 0.780. The van der Waals surface area contributed by atoms with Crippen LogP contribution in [0.15, 0.2) is 41.4 Å². The molecular weight excluding hydrogens is 412 g/mol. The maximum atomic E-state index is 12.9. The summed E-state index contributed by atoms with van der Waals surface area (Å²) < 4.78 is 27.2. The van der Waals surface area contributed by atoms with Gasteiger partial charge in [0.05, 0.1) is 10.6 Å². The average molecular weight is 435 g/mol. The topological polar surface area (TPSA) is 82.6 Å². The number of carbonyl (C=O) groups excluding carboxylic acids is 1. The number of nitrogens with zero attached hydrogens (tertiary/aromatic N) is 3. The molecule has 3 heterocycles. The third kappa shape index (κ3) is 4.10. The number of halogens is 1. The molecule has 0 radical (unpaired) electrons. The lowest BCUT2D eigenvalue weighted by Gasteiger charge is -2.20. The van der Waals surface area contributed by atoms with Crippen LogP contribution < -0.4 is 10.2 Å². The number of pyridine rings is 1. The summed E-state index contributed by atoms with van der Waals surface area (Å²) >= 11 is 6.19. The van der Waals surface area contributed by atoms with Crippen molar-refractivity contribution >= 4 is 39.0 Å². The Bertz CT molecular complexity index is 1020. The van der Waals surface area contributed by atoms with Gasteiger partial charge >= 0.3 is 0 Å². The maximum absolute atomic E-state index is 12.9. The van der Waals surface area contributed by atoms with Gasteiger partial charge in [0.25, 0.3) is 5.91 Å². The SMILES string of the molecule is O=C(Nc1ccc(Cl)c(S(=O)(=O)N2CCCC2)c1)c1cccnc1N1CCCC1. The van der Waals surface area contributed by atoms with Crippen LogP contribution in [0, 0.1) is 0 Å². The van der Waals surface area contributed by atoms with Crippen molar-refractivity contribution < 1.29 is 13.2 Å². The molecule has 0 spiro atoms. The number of hydrogen-bond acceptors (Lipinski definition) is 5. The second-order valence-electron chi connectivity index (χ2n) is 7.28. The Kier molecular flexibility index (Phi) is 5.76. The zero-order valence-corrected chi connectivity index (χ0v) is 17.5. The highest BCUT2D eigenvalue weighted by Crippen LogP contribution is 2.30. The Morgan fingerprint density at radius 3 is 2.45 bits per heavy atom. The number of amides is 1. The molecule has 1 N–H and O–H groups in total. The van der Waals surface area contributed by atoms with Crippen LogP contribution in [-0.2, 0) is 10.0 Å². The number of sulfonamides is 1. The molecule has 154 valence electrons. The molecule has 0 saturated carbocycles. The summed E-state index contributed by atoms with van der Waals surface area (Å²) in [5.74, 6) is 0.327. The summed E-state index contributed by atoms with van der Waals surface area (Å²) in [7, 11) is -3.68. The lowest BCUT2D eigenvalue weighted by Crippen LogP contribution is -2.28. The first-order valence-corrected chi connectivity index (χ1v) is 11.6. The lowest BCUT2D eigenvalue weighted by molar-refractivity contribution is 0.102. The lowest BCUT2D eigenvalue weighted by atomic mass is 10.2. The van der Waals surface area contributed by atoms with Crippen molar-refractivity contribution in [2.24, 2.45) is 0 Å². The van der Waals surface area contributed by atoms with Crippen molar-refractivity contribution in [1.82, 2.24) is 9.29 Å². The molecule has 2 aliphatic heterocycles. The van der Waals surface area contributed by atoms with Crippen molar-refractivity contribution in [3.8, 4) is 0 Å². The number of rotatable bonds is 5. The molecule has 9 heteroatoms. The fourth-order valence-corrected chi connectivity index (χ4v) is 5.82. The van der Waals surface area contributed by atoms with E-state index < -0.39 is 10.0 Å². The van der Waals surface area contributed by atoms with Crippen molar-refractivity contribution in [3.63, 3.8) is 0 Å². The molecule has 0 unspecified atom stereocenters. The summed E-state index contributed by atoms with van der Waals surface area (Å²) in [6.45, 7) is 2.72. The van der Waals surface area contributed by atoms with Crippen LogP contribution >= 0.6 is 11.6 Å². The number of hydrogen-bond donors (Lipinski definition) is 1. The average Bonchev–Trinajstić information content (AvgIpc) is 3.43. The van der Waals surface area contributed by atoms with Crippen LogP contribution in [0.25, 0.3) is 0 Å². The van der Waals surface area contributed by atoms with Gasteiger partial charge < -0.3 is 10.2 Å². The van der Waals surface area contributed by atoms with E-state index in [1.165, 1.54) is 16.4 Å². The Labute approximate surface area is 175 Å². The van der Waals surface area contributed by atoms with Gasteiger partial charge in [0.2, 0.25) is 10.0 Å². The van der Waals surface area contributed by atoms with Gasteiger partial charge in [-0.05, 0) is 56.0 Å². The van der Waals surface area contributed by atoms with Crippen LogP contribution in [0.1, 0.15) is 36.0 Å². The molecule has 0 bridgehead atoms. The smallest absolute Gasteiger partial charge is 0.259 e. The zero-order chi connectivity index (χ0) is 20.4. The predicted octanol–water partition coefficient (Wildman–Crippen LogP) is 3.37. The molecule has 2 aromatic rings. The molecule has 2 saturated heterocycles. The normalized spacial score (nSPS) is 17.6. The molecular formula is C20H23ClN4O3S. The first-order chi connectivity index (χ1) is 14.0. The molecule has 29 heavy (non-hydrogen) atoms. The minimum Gasteiger partial charge on any atom is -0.356 e. The second kappa shape index (κ2) is 8.30. The Balaban J connectivity index is 1.60. The van der Waals surface area contributed by atoms with Gasteiger partial charge in [-0.1, -0.05) is 11.6 Å². The van der Waals surface area contributed by atoms with E-state index in [0.29, 0.717) is 30.2 Å². The zero-order valence-electron chi connectivity index (χ0n) is 16.0. The molecule has 1 amide bonds. The van der Waals surface area contributed by atoms with E-state index in [0.717, 1.165) is 38.8 Å². The molecule has 4 rings (SSSR count). The third-order valence-electron chi connectivity index (χ3n) is 5.31. The van der Waals surface area contributed by atoms with E-state index in [1.54, 1.807) is 24.4 Å². The molecule has 2 aliphatic rings. The fourth-order valence-electron chi connectivity index (χ4n) is 3.80. The van der Waals surface area contributed by atoms with Gasteiger partial charge in [0.15, 0.2) is 0 Å². The van der Waals surface area contributed by atoms with E-state index >= 15 is 0 Å². The number of aromatic nitrogens is 1. The Morgan fingerprint density at radius 2 is 1.72 bits per heavy atom. The molecule has 2 fully saturated rings. The highest BCUT2D eigenvalue weighted by molar-refractivity contribution is 7.89. The first kappa shape index (κ1) is 20.1. The van der Waals surface area contributed by atoms with Crippen molar-refractivity contribution in [1.29, 1.82) is 0 Å². The molecule has 0 atom stereocenters. The molecule has 1 aromatic carbocycles. The van der Waals surface area contributed by atoms with Crippen LogP contribution in [0.3, 0.4) is 0 Å². The van der Waals surface area contributed by atoms with E-state index in [2.05, 4.69) is 15.2 Å². The largest absolute Gasteiger partial charge is 0.356 e. The minimum atomic E-state index is -3.68. The van der Waals surface area contributed by atoms with Crippen LogP contribution in [0.5, 0.6) is 0 Å². The van der Waals surface area contributed by atoms with E-state index in [1.807, 2.05) is 0 Å². The van der Waals surface area contributed by atoms with E-state index in [-0.39, 0.29) is 15.8 Å². The van der Waals surface area contributed by atoms with E-state index in [4.69, 9.17) is 11.6 Å². The summed E-state index contributed by atoms with van der Waals surface area (Å²) in [4.78, 5) is 19.4. The summed E-state index contributed by atoms with van der Waals surface area (Å²) in [6.07, 6.45) is 5.51. The van der Waals surface area contributed by atoms with Gasteiger partial charge in [-0.15, -0.1) is 0 Å². The molecule has 0 aliphatic carbocycles. The van der Waals surface area contributed by atoms with Crippen LogP contribution in [-0.4, -0.2) is 49.8 Å². The van der Waals surface area contributed by atoms with Gasteiger partial charge in [-0.3, -0.25) is 4.79 Å². The van der Waals surface area contributed by atoms with Crippen LogP contribution in [0.4, 0.5) is 11.5 Å². The minimum absolute atomic E-state index is 0.0184. The summed E-state index contributed by atoms with van der Waals surface area (Å²) in [5.41, 5.74) is 0.849. The standard InChI is InChI=1S/C20H23ClN4O3S/c21-17-8-7-15(14-18(17)29(27,28)25-12-3-4-13-25)23-20(26)16-6-5-9-22-19(16)24-10-1-2-11-24/h5-9,14H,1-4,10-13H2,(H,23,26). The Hall–Kier alpha value is -2.16. The highest BCUT2D eigenvalue weighted by atomic mass is 35.5. The Morgan fingerprint density at radius 1 is 1.03 bits per heavy atom. The monoisotopic (exact) mass is 434 g/mol. The van der Waals surface area contributed by atoms with E-state index in [9.17, 15) is 13.2 Å². The number of anilines is 2. The summed E-state index contributed by atoms with van der Waals surface area (Å²) in [6, 6.07) is 7.99. The van der Waals surface area contributed by atoms with Crippen molar-refractivity contribution in [2.45, 2.75) is 30.6 Å². The highest BCUT2D eigenvalue weighted by Gasteiger charge is 2.29. The van der Waals surface area contributed by atoms with Gasteiger partial charge in [0.1, 0.15) is 10.7 Å². The molecule has 7 nitrogen and oxygen atoms in total. The first-order valence-electron chi connectivity index (χ1n) is 9.78. The third-order valence-corrected chi connectivity index (χ3v) is 7.69. The summed E-state index contributed by atoms with van der Waals surface area (Å²) in [5, 5.41) is 2.95. The number of nitrogens with one attached hydrogen (secondary N) is 1. The van der Waals surface area contributed by atoms with Gasteiger partial charge in [-0.25, -0.2) is 13.4 Å². The number of benzene rings is 1. The predicted molar refractivity (Wildman–Crippen MR) is 113 cm³/mol. The van der Waals surface area contributed by atoms with Crippen LogP contribution in [0.2, 0.25) is 5.02 Å². The molecule has 1 aromatic heterocycles. The van der Waals surface area contributed by atoms with Gasteiger partial charge in [-0.2, -0.15) is 4.31 Å². The second-order valence-corrected chi connectivity index (χ2v) is 9.59. The van der Waals surface area contributed by atoms with Gasteiger partial charge in [0, 0.05) is 38.1 Å². The van der Waals surface area contributed by atoms with Crippen molar-refractivity contribution in [2.75, 3.05) is 36.4 Å². The van der Waals surface area contributed by atoms with Crippen molar-refractivity contribution in [3.05, 3.63) is 47.1 Å².